The fraction of sp³-hybridized carbons (Fsp3) is 0.100. The van der Waals surface area contributed by atoms with Crippen molar-refractivity contribution in [3.63, 3.8) is 0 Å². The Morgan fingerprint density at radius 2 is 2.20 bits per heavy atom. The van der Waals surface area contributed by atoms with Crippen molar-refractivity contribution in [3.05, 3.63) is 41.8 Å². The minimum atomic E-state index is -0.416. The zero-order valence-electron chi connectivity index (χ0n) is 7.89. The summed E-state index contributed by atoms with van der Waals surface area (Å²) in [4.78, 5) is 0. The van der Waals surface area contributed by atoms with E-state index in [9.17, 15) is 4.39 Å². The number of nitrogens with two attached hydrogens (primary N) is 1. The molecule has 1 aromatic heterocycles. The van der Waals surface area contributed by atoms with Crippen LogP contribution in [0, 0.1) is 5.82 Å². The second-order valence-corrected chi connectivity index (χ2v) is 3.11. The van der Waals surface area contributed by atoms with E-state index in [2.05, 4.69) is 5.10 Å². The molecule has 5 heteroatoms. The Morgan fingerprint density at radius 1 is 1.40 bits per heavy atom. The molecule has 0 atom stereocenters. The number of rotatable bonds is 2. The topological polar surface area (TPSA) is 64.1 Å². The van der Waals surface area contributed by atoms with Crippen molar-refractivity contribution in [3.8, 4) is 11.6 Å². The number of hydrogen-bond donors (Lipinski definition) is 2. The Balaban J connectivity index is 2.45. The molecular formula is C10H10FN3O. The van der Waals surface area contributed by atoms with Crippen molar-refractivity contribution in [1.29, 1.82) is 0 Å². The highest BCUT2D eigenvalue weighted by Crippen LogP contribution is 2.16. The summed E-state index contributed by atoms with van der Waals surface area (Å²) in [6.45, 7) is 0.293. The first kappa shape index (κ1) is 9.67. The molecule has 0 saturated carbocycles. The van der Waals surface area contributed by atoms with Gasteiger partial charge in [-0.15, -0.1) is 5.10 Å². The lowest BCUT2D eigenvalue weighted by molar-refractivity contribution is 0.447. The van der Waals surface area contributed by atoms with Crippen LogP contribution < -0.4 is 5.73 Å². The smallest absolute Gasteiger partial charge is 0.230 e. The van der Waals surface area contributed by atoms with Crippen molar-refractivity contribution in [2.24, 2.45) is 5.73 Å². The lowest BCUT2D eigenvalue weighted by Crippen LogP contribution is -2.01. The van der Waals surface area contributed by atoms with Crippen LogP contribution in [0.4, 0.5) is 4.39 Å². The first-order valence-electron chi connectivity index (χ1n) is 4.44. The van der Waals surface area contributed by atoms with E-state index >= 15 is 0 Å². The highest BCUT2D eigenvalue weighted by Gasteiger charge is 2.06. The minimum absolute atomic E-state index is 0.141. The molecule has 1 heterocycles. The molecule has 0 aliphatic heterocycles. The van der Waals surface area contributed by atoms with E-state index in [1.165, 1.54) is 23.0 Å². The van der Waals surface area contributed by atoms with E-state index in [0.29, 0.717) is 12.1 Å². The van der Waals surface area contributed by atoms with Gasteiger partial charge in [0.2, 0.25) is 5.88 Å². The van der Waals surface area contributed by atoms with Gasteiger partial charge >= 0.3 is 0 Å². The summed E-state index contributed by atoms with van der Waals surface area (Å²) in [7, 11) is 0. The van der Waals surface area contributed by atoms with Gasteiger partial charge in [0.1, 0.15) is 11.5 Å². The summed E-state index contributed by atoms with van der Waals surface area (Å²) in [6.07, 6.45) is 1.48. The Hall–Kier alpha value is -1.88. The molecule has 15 heavy (non-hydrogen) atoms. The molecular weight excluding hydrogens is 197 g/mol. The summed E-state index contributed by atoms with van der Waals surface area (Å²) < 4.78 is 14.8. The summed E-state index contributed by atoms with van der Waals surface area (Å²) in [5, 5.41) is 12.7. The van der Waals surface area contributed by atoms with Gasteiger partial charge in [-0.1, -0.05) is 6.07 Å². The molecule has 0 spiro atoms. The lowest BCUT2D eigenvalue weighted by Gasteiger charge is -2.04. The van der Waals surface area contributed by atoms with Crippen LogP contribution in [-0.2, 0) is 6.54 Å². The molecule has 2 aromatic rings. The Labute approximate surface area is 85.8 Å². The maximum absolute atomic E-state index is 13.5. The van der Waals surface area contributed by atoms with Crippen molar-refractivity contribution in [2.45, 2.75) is 6.54 Å². The fourth-order valence-corrected chi connectivity index (χ4v) is 1.31. The number of hydrogen-bond acceptors (Lipinski definition) is 3. The Morgan fingerprint density at radius 3 is 2.73 bits per heavy atom. The van der Waals surface area contributed by atoms with Gasteiger partial charge in [0.15, 0.2) is 0 Å². The molecule has 2 rings (SSSR count). The molecule has 0 unspecified atom stereocenters. The van der Waals surface area contributed by atoms with Crippen LogP contribution in [0.15, 0.2) is 30.5 Å². The molecule has 0 aliphatic carbocycles. The van der Waals surface area contributed by atoms with Crippen molar-refractivity contribution >= 4 is 0 Å². The maximum atomic E-state index is 13.5. The largest absolute Gasteiger partial charge is 0.492 e. The number of nitrogens with zero attached hydrogens (tertiary/aromatic N) is 2. The molecule has 0 bridgehead atoms. The number of halogens is 1. The SMILES string of the molecule is NCc1ccc(-n2ccc(O)n2)c(F)c1. The second-order valence-electron chi connectivity index (χ2n) is 3.11. The molecule has 0 radical (unpaired) electrons. The van der Waals surface area contributed by atoms with E-state index in [4.69, 9.17) is 10.8 Å². The quantitative estimate of drug-likeness (QED) is 0.777. The predicted octanol–water partition coefficient (Wildman–Crippen LogP) is 1.18. The average Bonchev–Trinajstić information content (AvgIpc) is 2.64. The third-order valence-electron chi connectivity index (χ3n) is 2.07. The summed E-state index contributed by atoms with van der Waals surface area (Å²) in [6, 6.07) is 6.03. The predicted molar refractivity (Wildman–Crippen MR) is 53.1 cm³/mol. The third-order valence-corrected chi connectivity index (χ3v) is 2.07. The van der Waals surface area contributed by atoms with Crippen LogP contribution in [0.5, 0.6) is 5.88 Å². The zero-order chi connectivity index (χ0) is 10.8. The Kier molecular flexibility index (Phi) is 2.39. The van der Waals surface area contributed by atoms with Crippen LogP contribution in [0.3, 0.4) is 0 Å². The van der Waals surface area contributed by atoms with Gasteiger partial charge < -0.3 is 10.8 Å². The van der Waals surface area contributed by atoms with Gasteiger partial charge in [0.25, 0.3) is 0 Å². The van der Waals surface area contributed by atoms with Crippen molar-refractivity contribution < 1.29 is 9.50 Å². The monoisotopic (exact) mass is 207 g/mol. The van der Waals surface area contributed by atoms with E-state index in [1.54, 1.807) is 12.1 Å². The molecule has 4 nitrogen and oxygen atoms in total. The van der Waals surface area contributed by atoms with Crippen molar-refractivity contribution in [2.75, 3.05) is 0 Å². The van der Waals surface area contributed by atoms with E-state index in [0.717, 1.165) is 0 Å². The van der Waals surface area contributed by atoms with E-state index in [-0.39, 0.29) is 11.6 Å². The molecule has 0 aliphatic rings. The molecule has 1 aromatic carbocycles. The van der Waals surface area contributed by atoms with Gasteiger partial charge in [-0.3, -0.25) is 0 Å². The third kappa shape index (κ3) is 1.82. The van der Waals surface area contributed by atoms with Gasteiger partial charge in [-0.2, -0.15) is 0 Å². The molecule has 0 fully saturated rings. The zero-order valence-corrected chi connectivity index (χ0v) is 7.89. The van der Waals surface area contributed by atoms with Gasteiger partial charge in [-0.25, -0.2) is 9.07 Å². The Bertz CT molecular complexity index is 481. The molecule has 3 N–H and O–H groups in total. The van der Waals surface area contributed by atoms with Crippen LogP contribution in [0.1, 0.15) is 5.56 Å². The van der Waals surface area contributed by atoms with Crippen LogP contribution in [0.2, 0.25) is 0 Å². The molecule has 0 saturated heterocycles. The minimum Gasteiger partial charge on any atom is -0.492 e. The van der Waals surface area contributed by atoms with E-state index < -0.39 is 5.82 Å². The first-order chi connectivity index (χ1) is 7.20. The normalized spacial score (nSPS) is 10.5. The number of aromatic hydroxyl groups is 1. The molecule has 0 amide bonds. The molecule has 78 valence electrons. The second kappa shape index (κ2) is 3.70. The standard InChI is InChI=1S/C10H10FN3O/c11-8-5-7(6-12)1-2-9(8)14-4-3-10(15)13-14/h1-5H,6,12H2,(H,13,15). The highest BCUT2D eigenvalue weighted by atomic mass is 19.1. The fourth-order valence-electron chi connectivity index (χ4n) is 1.31. The highest BCUT2D eigenvalue weighted by molar-refractivity contribution is 5.36. The first-order valence-corrected chi connectivity index (χ1v) is 4.44. The number of benzene rings is 1. The van der Waals surface area contributed by atoms with Crippen LogP contribution in [-0.4, -0.2) is 14.9 Å². The van der Waals surface area contributed by atoms with Gasteiger partial charge in [-0.05, 0) is 17.7 Å². The summed E-state index contributed by atoms with van der Waals surface area (Å²) in [5.41, 5.74) is 6.38. The van der Waals surface area contributed by atoms with Gasteiger partial charge in [0.05, 0.1) is 0 Å². The van der Waals surface area contributed by atoms with Crippen molar-refractivity contribution in [1.82, 2.24) is 9.78 Å². The maximum Gasteiger partial charge on any atom is 0.230 e. The summed E-state index contributed by atoms with van der Waals surface area (Å²) >= 11 is 0. The van der Waals surface area contributed by atoms with Gasteiger partial charge in [0, 0.05) is 18.8 Å². The van der Waals surface area contributed by atoms with E-state index in [1.807, 2.05) is 0 Å². The lowest BCUT2D eigenvalue weighted by atomic mass is 10.2. The summed E-state index contributed by atoms with van der Waals surface area (Å²) in [5.74, 6) is -0.557. The van der Waals surface area contributed by atoms with Crippen LogP contribution >= 0.6 is 0 Å². The average molecular weight is 207 g/mol. The number of aromatic nitrogens is 2. The van der Waals surface area contributed by atoms with Crippen LogP contribution in [0.25, 0.3) is 5.69 Å².